The topological polar surface area (TPSA) is 69.8 Å². The maximum Gasteiger partial charge on any atom is 0.236 e. The molecule has 0 radical (unpaired) electrons. The number of H-pyrrole nitrogens is 1. The molecular formula is C10H18N4O. The number of hydrogen-bond donors (Lipinski definition) is 3. The molecule has 1 atom stereocenters. The van der Waals surface area contributed by atoms with Crippen molar-refractivity contribution in [2.24, 2.45) is 0 Å². The highest BCUT2D eigenvalue weighted by Crippen LogP contribution is 1.99. The van der Waals surface area contributed by atoms with E-state index in [2.05, 4.69) is 20.6 Å². The summed E-state index contributed by atoms with van der Waals surface area (Å²) in [6.07, 6.45) is 1.66. The smallest absolute Gasteiger partial charge is 0.236 e. The van der Waals surface area contributed by atoms with Crippen molar-refractivity contribution in [3.8, 4) is 0 Å². The molecule has 1 aromatic heterocycles. The Kier molecular flexibility index (Phi) is 4.30. The Bertz CT molecular complexity index is 321. The van der Waals surface area contributed by atoms with Gasteiger partial charge in [-0.2, -0.15) is 0 Å². The number of amides is 1. The third-order valence-corrected chi connectivity index (χ3v) is 2.25. The van der Waals surface area contributed by atoms with E-state index in [0.717, 1.165) is 11.4 Å². The van der Waals surface area contributed by atoms with E-state index in [9.17, 15) is 4.79 Å². The van der Waals surface area contributed by atoms with Crippen LogP contribution >= 0.6 is 0 Å². The monoisotopic (exact) mass is 210 g/mol. The highest BCUT2D eigenvalue weighted by molar-refractivity contribution is 5.81. The molecule has 0 spiro atoms. The number of carbonyl (C=O) groups excluding carboxylic acids is 1. The number of nitrogens with zero attached hydrogens (tertiary/aromatic N) is 1. The number of carbonyl (C=O) groups is 1. The molecule has 0 saturated heterocycles. The Labute approximate surface area is 89.7 Å². The second-order valence-corrected chi connectivity index (χ2v) is 3.47. The van der Waals surface area contributed by atoms with Crippen LogP contribution in [-0.4, -0.2) is 28.5 Å². The zero-order valence-electron chi connectivity index (χ0n) is 9.42. The lowest BCUT2D eigenvalue weighted by molar-refractivity contribution is -0.122. The van der Waals surface area contributed by atoms with Gasteiger partial charge in [-0.15, -0.1) is 0 Å². The van der Waals surface area contributed by atoms with Crippen LogP contribution in [0.3, 0.4) is 0 Å². The molecule has 1 rings (SSSR count). The number of nitrogens with one attached hydrogen (secondary N) is 3. The normalized spacial score (nSPS) is 12.5. The Balaban J connectivity index is 2.37. The van der Waals surface area contributed by atoms with Gasteiger partial charge in [0.15, 0.2) is 0 Å². The molecule has 0 aliphatic heterocycles. The van der Waals surface area contributed by atoms with Gasteiger partial charge in [0.1, 0.15) is 0 Å². The second-order valence-electron chi connectivity index (χ2n) is 3.47. The van der Waals surface area contributed by atoms with Crippen molar-refractivity contribution < 1.29 is 4.79 Å². The van der Waals surface area contributed by atoms with E-state index >= 15 is 0 Å². The van der Waals surface area contributed by atoms with Crippen molar-refractivity contribution in [1.29, 1.82) is 0 Å². The Morgan fingerprint density at radius 1 is 1.67 bits per heavy atom. The van der Waals surface area contributed by atoms with Crippen LogP contribution in [0.25, 0.3) is 0 Å². The maximum absolute atomic E-state index is 11.4. The van der Waals surface area contributed by atoms with Crippen LogP contribution < -0.4 is 10.6 Å². The van der Waals surface area contributed by atoms with Gasteiger partial charge in [0.2, 0.25) is 5.91 Å². The zero-order valence-corrected chi connectivity index (χ0v) is 9.42. The van der Waals surface area contributed by atoms with Gasteiger partial charge in [-0.1, -0.05) is 0 Å². The Morgan fingerprint density at radius 3 is 2.93 bits per heavy atom. The summed E-state index contributed by atoms with van der Waals surface area (Å²) >= 11 is 0. The third kappa shape index (κ3) is 3.36. The highest BCUT2D eigenvalue weighted by atomic mass is 16.2. The van der Waals surface area contributed by atoms with Crippen LogP contribution in [0.2, 0.25) is 0 Å². The summed E-state index contributed by atoms with van der Waals surface area (Å²) in [6, 6.07) is -0.193. The molecule has 5 heteroatoms. The van der Waals surface area contributed by atoms with Gasteiger partial charge in [-0.05, 0) is 20.8 Å². The number of rotatable bonds is 5. The van der Waals surface area contributed by atoms with E-state index < -0.39 is 0 Å². The van der Waals surface area contributed by atoms with Crippen molar-refractivity contribution in [2.45, 2.75) is 33.4 Å². The second kappa shape index (κ2) is 5.50. The minimum Gasteiger partial charge on any atom is -0.355 e. The third-order valence-electron chi connectivity index (χ3n) is 2.25. The summed E-state index contributed by atoms with van der Waals surface area (Å²) in [5.74, 6) is 0.0192. The molecule has 0 saturated carbocycles. The molecule has 0 bridgehead atoms. The minimum absolute atomic E-state index is 0.0192. The van der Waals surface area contributed by atoms with Gasteiger partial charge in [0.25, 0.3) is 0 Å². The van der Waals surface area contributed by atoms with E-state index in [4.69, 9.17) is 0 Å². The van der Waals surface area contributed by atoms with Crippen LogP contribution in [0.4, 0.5) is 0 Å². The van der Waals surface area contributed by atoms with Gasteiger partial charge < -0.3 is 15.6 Å². The highest BCUT2D eigenvalue weighted by Gasteiger charge is 2.11. The molecule has 15 heavy (non-hydrogen) atoms. The molecular weight excluding hydrogens is 192 g/mol. The first kappa shape index (κ1) is 11.7. The molecule has 0 aliphatic rings. The quantitative estimate of drug-likeness (QED) is 0.656. The van der Waals surface area contributed by atoms with Crippen LogP contribution in [0, 0.1) is 6.92 Å². The van der Waals surface area contributed by atoms with Crippen LogP contribution in [0.5, 0.6) is 0 Å². The largest absolute Gasteiger partial charge is 0.355 e. The Morgan fingerprint density at radius 2 is 2.40 bits per heavy atom. The SMILES string of the molecule is CCNC(=O)C(C)NCc1nc[nH]c1C. The predicted octanol–water partition coefficient (Wildman–Crippen LogP) is 0.332. The number of aromatic nitrogens is 2. The van der Waals surface area contributed by atoms with Crippen molar-refractivity contribution in [3.05, 3.63) is 17.7 Å². The number of imidazole rings is 1. The summed E-state index contributed by atoms with van der Waals surface area (Å²) in [5, 5.41) is 5.88. The maximum atomic E-state index is 11.4. The molecule has 0 aromatic carbocycles. The van der Waals surface area contributed by atoms with Gasteiger partial charge in [-0.25, -0.2) is 4.98 Å². The fourth-order valence-corrected chi connectivity index (χ4v) is 1.24. The van der Waals surface area contributed by atoms with Crippen molar-refractivity contribution in [3.63, 3.8) is 0 Å². The number of aromatic amines is 1. The van der Waals surface area contributed by atoms with E-state index in [-0.39, 0.29) is 11.9 Å². The summed E-state index contributed by atoms with van der Waals surface area (Å²) in [5.41, 5.74) is 1.98. The standard InChI is InChI=1S/C10H18N4O/c1-4-11-10(15)8(3)12-5-9-7(2)13-6-14-9/h6,8,12H,4-5H2,1-3H3,(H,11,15)(H,13,14). The fraction of sp³-hybridized carbons (Fsp3) is 0.600. The van der Waals surface area contributed by atoms with E-state index in [1.807, 2.05) is 20.8 Å². The van der Waals surface area contributed by atoms with Gasteiger partial charge in [-0.3, -0.25) is 4.79 Å². The van der Waals surface area contributed by atoms with Gasteiger partial charge >= 0.3 is 0 Å². The predicted molar refractivity (Wildman–Crippen MR) is 58.3 cm³/mol. The first-order valence-electron chi connectivity index (χ1n) is 5.15. The first-order chi connectivity index (χ1) is 7.15. The van der Waals surface area contributed by atoms with Crippen LogP contribution in [0.15, 0.2) is 6.33 Å². The molecule has 0 aliphatic carbocycles. The average molecular weight is 210 g/mol. The molecule has 84 valence electrons. The molecule has 5 nitrogen and oxygen atoms in total. The molecule has 0 fully saturated rings. The fourth-order valence-electron chi connectivity index (χ4n) is 1.24. The van der Waals surface area contributed by atoms with E-state index in [1.54, 1.807) is 6.33 Å². The lowest BCUT2D eigenvalue weighted by Gasteiger charge is -2.12. The summed E-state index contributed by atoms with van der Waals surface area (Å²) in [4.78, 5) is 18.5. The molecule has 1 unspecified atom stereocenters. The molecule has 1 amide bonds. The summed E-state index contributed by atoms with van der Waals surface area (Å²) in [7, 11) is 0. The lowest BCUT2D eigenvalue weighted by Crippen LogP contribution is -2.41. The minimum atomic E-state index is -0.193. The molecule has 1 heterocycles. The van der Waals surface area contributed by atoms with Crippen molar-refractivity contribution in [2.75, 3.05) is 6.54 Å². The van der Waals surface area contributed by atoms with Crippen LogP contribution in [-0.2, 0) is 11.3 Å². The van der Waals surface area contributed by atoms with Crippen molar-refractivity contribution >= 4 is 5.91 Å². The Hall–Kier alpha value is -1.36. The zero-order chi connectivity index (χ0) is 11.3. The number of aryl methyl sites for hydroxylation is 1. The molecule has 1 aromatic rings. The number of likely N-dealkylation sites (N-methyl/N-ethyl adjacent to an activating group) is 1. The average Bonchev–Trinajstić information content (AvgIpc) is 2.61. The van der Waals surface area contributed by atoms with Gasteiger partial charge in [0.05, 0.1) is 18.1 Å². The van der Waals surface area contributed by atoms with Crippen LogP contribution in [0.1, 0.15) is 25.2 Å². The van der Waals surface area contributed by atoms with Gasteiger partial charge in [0, 0.05) is 18.8 Å². The first-order valence-corrected chi connectivity index (χ1v) is 5.15. The summed E-state index contributed by atoms with van der Waals surface area (Å²) < 4.78 is 0. The van der Waals surface area contributed by atoms with Crippen molar-refractivity contribution in [1.82, 2.24) is 20.6 Å². The van der Waals surface area contributed by atoms with E-state index in [1.165, 1.54) is 0 Å². The molecule has 3 N–H and O–H groups in total. The van der Waals surface area contributed by atoms with E-state index in [0.29, 0.717) is 13.1 Å². The summed E-state index contributed by atoms with van der Waals surface area (Å²) in [6.45, 7) is 6.97. The number of hydrogen-bond acceptors (Lipinski definition) is 3. The lowest BCUT2D eigenvalue weighted by atomic mass is 10.3.